The zero-order chi connectivity index (χ0) is 14.9. The maximum Gasteiger partial charge on any atom is 0.243 e. The van der Waals surface area contributed by atoms with E-state index in [4.69, 9.17) is 16.1 Å². The van der Waals surface area contributed by atoms with Gasteiger partial charge in [-0.2, -0.15) is 4.31 Å². The molecule has 8 heteroatoms. The highest BCUT2D eigenvalue weighted by molar-refractivity contribution is 9.10. The Labute approximate surface area is 130 Å². The van der Waals surface area contributed by atoms with Gasteiger partial charge in [-0.05, 0) is 41.1 Å². The van der Waals surface area contributed by atoms with Crippen LogP contribution in [0.4, 0.5) is 0 Å². The summed E-state index contributed by atoms with van der Waals surface area (Å²) < 4.78 is 31.5. The first-order valence-corrected chi connectivity index (χ1v) is 8.25. The normalized spacial score (nSPS) is 12.1. The van der Waals surface area contributed by atoms with Gasteiger partial charge in [-0.25, -0.2) is 8.42 Å². The van der Waals surface area contributed by atoms with Crippen LogP contribution in [0.2, 0.25) is 5.02 Å². The first kappa shape index (κ1) is 15.5. The quantitative estimate of drug-likeness (QED) is 0.818. The average Bonchev–Trinajstić information content (AvgIpc) is 2.78. The molecular formula is C12H12BrClN2O3S. The van der Waals surface area contributed by atoms with Crippen molar-refractivity contribution in [1.29, 1.82) is 0 Å². The van der Waals surface area contributed by atoms with Crippen molar-refractivity contribution in [2.75, 3.05) is 7.05 Å². The molecule has 108 valence electrons. The van der Waals surface area contributed by atoms with Crippen LogP contribution in [-0.2, 0) is 16.6 Å². The SMILES string of the molecule is Cc1cc(CN(C)S(=O)(=O)c2ccc(Cl)c(Br)c2)no1. The van der Waals surface area contributed by atoms with Gasteiger partial charge >= 0.3 is 0 Å². The lowest BCUT2D eigenvalue weighted by molar-refractivity contribution is 0.378. The van der Waals surface area contributed by atoms with Gasteiger partial charge in [0.05, 0.1) is 22.2 Å². The second kappa shape index (κ2) is 5.85. The Bertz CT molecular complexity index is 730. The van der Waals surface area contributed by atoms with Crippen molar-refractivity contribution in [2.24, 2.45) is 0 Å². The minimum Gasteiger partial charge on any atom is -0.361 e. The molecule has 2 aromatic rings. The summed E-state index contributed by atoms with van der Waals surface area (Å²) in [6, 6.07) is 6.17. The van der Waals surface area contributed by atoms with Crippen LogP contribution in [-0.4, -0.2) is 24.9 Å². The van der Waals surface area contributed by atoms with Crippen molar-refractivity contribution >= 4 is 37.6 Å². The molecule has 1 aromatic carbocycles. The number of nitrogens with zero attached hydrogens (tertiary/aromatic N) is 2. The van der Waals surface area contributed by atoms with Gasteiger partial charge in [-0.3, -0.25) is 0 Å². The number of sulfonamides is 1. The highest BCUT2D eigenvalue weighted by Crippen LogP contribution is 2.27. The number of benzene rings is 1. The Morgan fingerprint density at radius 3 is 2.65 bits per heavy atom. The van der Waals surface area contributed by atoms with E-state index < -0.39 is 10.0 Å². The number of rotatable bonds is 4. The van der Waals surface area contributed by atoms with E-state index in [-0.39, 0.29) is 11.4 Å². The third kappa shape index (κ3) is 3.22. The predicted octanol–water partition coefficient (Wildman–Crippen LogP) is 3.22. The van der Waals surface area contributed by atoms with Gasteiger partial charge in [0.2, 0.25) is 10.0 Å². The minimum absolute atomic E-state index is 0.139. The third-order valence-corrected chi connectivity index (χ3v) is 5.67. The topological polar surface area (TPSA) is 63.4 Å². The van der Waals surface area contributed by atoms with E-state index in [0.717, 1.165) is 0 Å². The number of hydrogen-bond donors (Lipinski definition) is 0. The first-order chi connectivity index (χ1) is 9.30. The Morgan fingerprint density at radius 1 is 1.40 bits per heavy atom. The van der Waals surface area contributed by atoms with Crippen molar-refractivity contribution < 1.29 is 12.9 Å². The molecule has 0 aliphatic rings. The monoisotopic (exact) mass is 378 g/mol. The molecule has 1 heterocycles. The lowest BCUT2D eigenvalue weighted by atomic mass is 10.4. The second-order valence-corrected chi connectivity index (χ2v) is 7.57. The third-order valence-electron chi connectivity index (χ3n) is 2.66. The number of hydrogen-bond acceptors (Lipinski definition) is 4. The first-order valence-electron chi connectivity index (χ1n) is 5.64. The Balaban J connectivity index is 2.27. The largest absolute Gasteiger partial charge is 0.361 e. The summed E-state index contributed by atoms with van der Waals surface area (Å²) in [6.45, 7) is 1.89. The molecule has 20 heavy (non-hydrogen) atoms. The van der Waals surface area contributed by atoms with E-state index >= 15 is 0 Å². The molecule has 0 spiro atoms. The van der Waals surface area contributed by atoms with Crippen LogP contribution in [0.15, 0.2) is 38.2 Å². The average molecular weight is 380 g/mol. The van der Waals surface area contributed by atoms with E-state index in [9.17, 15) is 8.42 Å². The molecule has 5 nitrogen and oxygen atoms in total. The molecule has 0 fully saturated rings. The van der Waals surface area contributed by atoms with Crippen molar-refractivity contribution in [3.8, 4) is 0 Å². The zero-order valence-electron chi connectivity index (χ0n) is 10.8. The summed E-state index contributed by atoms with van der Waals surface area (Å²) in [5.74, 6) is 0.639. The molecule has 0 saturated heterocycles. The number of aromatic nitrogens is 1. The summed E-state index contributed by atoms with van der Waals surface area (Å²) >= 11 is 9.08. The van der Waals surface area contributed by atoms with Gasteiger partial charge < -0.3 is 4.52 Å². The minimum atomic E-state index is -3.60. The molecule has 2 rings (SSSR count). The predicted molar refractivity (Wildman–Crippen MR) is 79.0 cm³/mol. The fourth-order valence-corrected chi connectivity index (χ4v) is 3.44. The van der Waals surface area contributed by atoms with E-state index in [1.807, 2.05) is 0 Å². The van der Waals surface area contributed by atoms with Crippen LogP contribution < -0.4 is 0 Å². The summed E-state index contributed by atoms with van der Waals surface area (Å²) in [5.41, 5.74) is 0.557. The van der Waals surface area contributed by atoms with Crippen molar-refractivity contribution in [1.82, 2.24) is 9.46 Å². The Morgan fingerprint density at radius 2 is 2.10 bits per heavy atom. The van der Waals surface area contributed by atoms with Gasteiger partial charge in [-0.1, -0.05) is 16.8 Å². The van der Waals surface area contributed by atoms with Gasteiger partial charge in [0, 0.05) is 17.6 Å². The van der Waals surface area contributed by atoms with E-state index in [0.29, 0.717) is 20.9 Å². The highest BCUT2D eigenvalue weighted by atomic mass is 79.9. The van der Waals surface area contributed by atoms with Crippen molar-refractivity contribution in [3.05, 3.63) is 45.2 Å². The molecule has 0 atom stereocenters. The summed E-state index contributed by atoms with van der Waals surface area (Å²) in [6.07, 6.45) is 0. The van der Waals surface area contributed by atoms with Crippen LogP contribution in [0.5, 0.6) is 0 Å². The van der Waals surface area contributed by atoms with Gasteiger partial charge in [0.1, 0.15) is 5.76 Å². The van der Waals surface area contributed by atoms with Crippen LogP contribution >= 0.6 is 27.5 Å². The molecule has 0 unspecified atom stereocenters. The molecule has 0 N–H and O–H groups in total. The van der Waals surface area contributed by atoms with Crippen molar-refractivity contribution in [3.63, 3.8) is 0 Å². The molecule has 0 radical (unpaired) electrons. The maximum absolute atomic E-state index is 12.4. The molecule has 0 amide bonds. The van der Waals surface area contributed by atoms with Gasteiger partial charge in [-0.15, -0.1) is 0 Å². The smallest absolute Gasteiger partial charge is 0.243 e. The Hall–Kier alpha value is -0.890. The van der Waals surface area contributed by atoms with Gasteiger partial charge in [0.15, 0.2) is 0 Å². The van der Waals surface area contributed by atoms with Crippen LogP contribution in [0, 0.1) is 6.92 Å². The lowest BCUT2D eigenvalue weighted by Crippen LogP contribution is -2.26. The summed E-state index contributed by atoms with van der Waals surface area (Å²) in [7, 11) is -2.12. The zero-order valence-corrected chi connectivity index (χ0v) is 14.0. The fraction of sp³-hybridized carbons (Fsp3) is 0.250. The Kier molecular flexibility index (Phi) is 4.53. The van der Waals surface area contributed by atoms with Crippen molar-refractivity contribution in [2.45, 2.75) is 18.4 Å². The molecular weight excluding hydrogens is 368 g/mol. The molecule has 1 aromatic heterocycles. The second-order valence-electron chi connectivity index (χ2n) is 4.27. The number of aryl methyl sites for hydroxylation is 1. The van der Waals surface area contributed by atoms with Gasteiger partial charge in [0.25, 0.3) is 0 Å². The molecule has 0 saturated carbocycles. The van der Waals surface area contributed by atoms with Crippen LogP contribution in [0.3, 0.4) is 0 Å². The van der Waals surface area contributed by atoms with E-state index in [1.54, 1.807) is 13.0 Å². The fourth-order valence-electron chi connectivity index (χ4n) is 1.62. The summed E-state index contributed by atoms with van der Waals surface area (Å²) in [5, 5.41) is 4.24. The van der Waals surface area contributed by atoms with Crippen LogP contribution in [0.1, 0.15) is 11.5 Å². The van der Waals surface area contributed by atoms with E-state index in [2.05, 4.69) is 21.1 Å². The maximum atomic E-state index is 12.4. The highest BCUT2D eigenvalue weighted by Gasteiger charge is 2.22. The summed E-state index contributed by atoms with van der Waals surface area (Å²) in [4.78, 5) is 0.163. The molecule has 0 aliphatic heterocycles. The van der Waals surface area contributed by atoms with Crippen LogP contribution in [0.25, 0.3) is 0 Å². The lowest BCUT2D eigenvalue weighted by Gasteiger charge is -2.16. The molecule has 0 bridgehead atoms. The van der Waals surface area contributed by atoms with E-state index in [1.165, 1.54) is 29.6 Å². The molecule has 0 aliphatic carbocycles. The number of halogens is 2. The standard InChI is InChI=1S/C12H12BrClN2O3S/c1-8-5-9(15-19-8)7-16(2)20(17,18)10-3-4-12(14)11(13)6-10/h3-6H,7H2,1-2H3.